The molecule has 1 aromatic heterocycles. The molecule has 0 radical (unpaired) electrons. The molecule has 1 aliphatic rings. The largest absolute Gasteiger partial charge is 0.497 e. The lowest BCUT2D eigenvalue weighted by atomic mass is 10.2. The summed E-state index contributed by atoms with van der Waals surface area (Å²) < 4.78 is 12.2. The van der Waals surface area contributed by atoms with E-state index in [-0.39, 0.29) is 5.56 Å². The van der Waals surface area contributed by atoms with E-state index in [4.69, 9.17) is 9.47 Å². The SMILES string of the molecule is COc1cccc(-n2[nH]c(=O)c3c2COC3)c1. The standard InChI is InChI=1S/C12H12N2O3/c1-16-9-4-2-3-8(5-9)14-11-7-17-6-10(11)12(15)13-14/h2-5H,6-7H2,1H3,(H,13,15). The number of benzene rings is 1. The highest BCUT2D eigenvalue weighted by molar-refractivity contribution is 5.41. The van der Waals surface area contributed by atoms with Crippen LogP contribution in [0, 0.1) is 0 Å². The van der Waals surface area contributed by atoms with Crippen molar-refractivity contribution in [2.75, 3.05) is 7.11 Å². The van der Waals surface area contributed by atoms with Gasteiger partial charge in [-0.2, -0.15) is 0 Å². The smallest absolute Gasteiger partial charge is 0.270 e. The molecule has 0 bridgehead atoms. The van der Waals surface area contributed by atoms with Crippen molar-refractivity contribution in [2.45, 2.75) is 13.2 Å². The molecule has 0 unspecified atom stereocenters. The first-order chi connectivity index (χ1) is 8.29. The molecule has 0 amide bonds. The van der Waals surface area contributed by atoms with Gasteiger partial charge in [0.15, 0.2) is 0 Å². The van der Waals surface area contributed by atoms with Gasteiger partial charge in [-0.05, 0) is 12.1 Å². The van der Waals surface area contributed by atoms with Crippen LogP contribution in [-0.4, -0.2) is 16.9 Å². The second kappa shape index (κ2) is 3.78. The number of aromatic amines is 1. The third-order valence-corrected chi connectivity index (χ3v) is 2.90. The van der Waals surface area contributed by atoms with Crippen LogP contribution >= 0.6 is 0 Å². The number of rotatable bonds is 2. The van der Waals surface area contributed by atoms with Crippen LogP contribution in [0.25, 0.3) is 5.69 Å². The maximum Gasteiger partial charge on any atom is 0.270 e. The van der Waals surface area contributed by atoms with Gasteiger partial charge >= 0.3 is 0 Å². The number of aromatic nitrogens is 2. The fraction of sp³-hybridized carbons (Fsp3) is 0.250. The summed E-state index contributed by atoms with van der Waals surface area (Å²) in [4.78, 5) is 11.7. The van der Waals surface area contributed by atoms with Crippen LogP contribution in [0.2, 0.25) is 0 Å². The second-order valence-corrected chi connectivity index (χ2v) is 3.90. The lowest BCUT2D eigenvalue weighted by Crippen LogP contribution is -2.08. The molecule has 5 nitrogen and oxygen atoms in total. The average molecular weight is 232 g/mol. The molecule has 0 fully saturated rings. The maximum atomic E-state index is 11.7. The first-order valence-electron chi connectivity index (χ1n) is 5.34. The van der Waals surface area contributed by atoms with E-state index in [1.807, 2.05) is 24.3 Å². The van der Waals surface area contributed by atoms with E-state index in [1.165, 1.54) is 0 Å². The summed E-state index contributed by atoms with van der Waals surface area (Å²) >= 11 is 0. The first kappa shape index (κ1) is 10.2. The minimum atomic E-state index is -0.0830. The molecule has 1 aromatic carbocycles. The molecule has 88 valence electrons. The van der Waals surface area contributed by atoms with Gasteiger partial charge in [-0.15, -0.1) is 0 Å². The van der Waals surface area contributed by atoms with Gasteiger partial charge in [0.2, 0.25) is 0 Å². The number of nitrogens with zero attached hydrogens (tertiary/aromatic N) is 1. The molecule has 2 heterocycles. The Labute approximate surface area is 97.6 Å². The Hall–Kier alpha value is -2.01. The molecule has 0 saturated carbocycles. The normalized spacial score (nSPS) is 13.7. The molecular formula is C12H12N2O3. The molecule has 0 saturated heterocycles. The monoisotopic (exact) mass is 232 g/mol. The number of hydrogen-bond donors (Lipinski definition) is 1. The molecule has 1 aliphatic heterocycles. The minimum absolute atomic E-state index is 0.0830. The molecule has 5 heteroatoms. The Morgan fingerprint density at radius 3 is 3.12 bits per heavy atom. The molecule has 2 aromatic rings. The van der Waals surface area contributed by atoms with Gasteiger partial charge in [0.05, 0.1) is 37.3 Å². The predicted octanol–water partition coefficient (Wildman–Crippen LogP) is 1.20. The van der Waals surface area contributed by atoms with Gasteiger partial charge in [-0.25, -0.2) is 0 Å². The number of methoxy groups -OCH3 is 1. The second-order valence-electron chi connectivity index (χ2n) is 3.90. The van der Waals surface area contributed by atoms with Crippen LogP contribution in [0.15, 0.2) is 29.1 Å². The first-order valence-corrected chi connectivity index (χ1v) is 5.34. The van der Waals surface area contributed by atoms with E-state index in [0.29, 0.717) is 18.8 Å². The fourth-order valence-corrected chi connectivity index (χ4v) is 2.02. The van der Waals surface area contributed by atoms with E-state index in [2.05, 4.69) is 5.10 Å². The molecular weight excluding hydrogens is 220 g/mol. The summed E-state index contributed by atoms with van der Waals surface area (Å²) in [6.07, 6.45) is 0. The van der Waals surface area contributed by atoms with Crippen molar-refractivity contribution in [3.05, 3.63) is 45.9 Å². The lowest BCUT2D eigenvalue weighted by molar-refractivity contribution is 0.130. The van der Waals surface area contributed by atoms with Crippen molar-refractivity contribution in [1.82, 2.24) is 9.78 Å². The summed E-state index contributed by atoms with van der Waals surface area (Å²) in [5.41, 5.74) is 2.39. The highest BCUT2D eigenvalue weighted by Gasteiger charge is 2.21. The van der Waals surface area contributed by atoms with Gasteiger partial charge in [-0.1, -0.05) is 6.07 Å². The van der Waals surface area contributed by atoms with Crippen molar-refractivity contribution in [3.8, 4) is 11.4 Å². The Morgan fingerprint density at radius 2 is 2.29 bits per heavy atom. The third-order valence-electron chi connectivity index (χ3n) is 2.90. The van der Waals surface area contributed by atoms with Crippen LogP contribution in [-0.2, 0) is 18.0 Å². The van der Waals surface area contributed by atoms with E-state index in [9.17, 15) is 4.79 Å². The van der Waals surface area contributed by atoms with Gasteiger partial charge in [0.1, 0.15) is 5.75 Å². The van der Waals surface area contributed by atoms with E-state index in [1.54, 1.807) is 11.8 Å². The lowest BCUT2D eigenvalue weighted by Gasteiger charge is -2.07. The molecule has 3 rings (SSSR count). The predicted molar refractivity (Wildman–Crippen MR) is 61.4 cm³/mol. The molecule has 0 aliphatic carbocycles. The van der Waals surface area contributed by atoms with Crippen molar-refractivity contribution >= 4 is 0 Å². The van der Waals surface area contributed by atoms with Crippen molar-refractivity contribution in [3.63, 3.8) is 0 Å². The Bertz CT molecular complexity index is 612. The maximum absolute atomic E-state index is 11.7. The van der Waals surface area contributed by atoms with Crippen LogP contribution in [0.4, 0.5) is 0 Å². The number of fused-ring (bicyclic) bond motifs is 1. The Kier molecular flexibility index (Phi) is 2.26. The summed E-state index contributed by atoms with van der Waals surface area (Å²) in [6.45, 7) is 0.854. The van der Waals surface area contributed by atoms with Crippen molar-refractivity contribution < 1.29 is 9.47 Å². The number of H-pyrrole nitrogens is 1. The number of ether oxygens (including phenoxy) is 2. The third kappa shape index (κ3) is 1.55. The van der Waals surface area contributed by atoms with Crippen molar-refractivity contribution in [1.29, 1.82) is 0 Å². The zero-order chi connectivity index (χ0) is 11.8. The average Bonchev–Trinajstić information content (AvgIpc) is 2.94. The number of hydrogen-bond acceptors (Lipinski definition) is 3. The molecule has 0 atom stereocenters. The van der Waals surface area contributed by atoms with E-state index < -0.39 is 0 Å². The minimum Gasteiger partial charge on any atom is -0.497 e. The van der Waals surface area contributed by atoms with E-state index >= 15 is 0 Å². The summed E-state index contributed by atoms with van der Waals surface area (Å²) in [6, 6.07) is 7.53. The van der Waals surface area contributed by atoms with Gasteiger partial charge in [0, 0.05) is 6.07 Å². The highest BCUT2D eigenvalue weighted by atomic mass is 16.5. The van der Waals surface area contributed by atoms with Crippen LogP contribution in [0.5, 0.6) is 5.75 Å². The van der Waals surface area contributed by atoms with E-state index in [0.717, 1.165) is 17.1 Å². The zero-order valence-corrected chi connectivity index (χ0v) is 9.40. The molecule has 0 spiro atoms. The van der Waals surface area contributed by atoms with Crippen molar-refractivity contribution in [2.24, 2.45) is 0 Å². The quantitative estimate of drug-likeness (QED) is 0.846. The number of nitrogens with one attached hydrogen (secondary N) is 1. The fourth-order valence-electron chi connectivity index (χ4n) is 2.02. The van der Waals surface area contributed by atoms with Gasteiger partial charge in [0.25, 0.3) is 5.56 Å². The van der Waals surface area contributed by atoms with Crippen LogP contribution in [0.3, 0.4) is 0 Å². The summed E-state index contributed by atoms with van der Waals surface area (Å²) in [5.74, 6) is 0.754. The topological polar surface area (TPSA) is 56.2 Å². The zero-order valence-electron chi connectivity index (χ0n) is 9.40. The molecule has 1 N–H and O–H groups in total. The Balaban J connectivity index is 2.15. The summed E-state index contributed by atoms with van der Waals surface area (Å²) in [5, 5.41) is 2.81. The van der Waals surface area contributed by atoms with Crippen LogP contribution in [0.1, 0.15) is 11.3 Å². The van der Waals surface area contributed by atoms with Gasteiger partial charge in [-0.3, -0.25) is 14.6 Å². The van der Waals surface area contributed by atoms with Crippen LogP contribution < -0.4 is 10.3 Å². The van der Waals surface area contributed by atoms with Gasteiger partial charge < -0.3 is 9.47 Å². The Morgan fingerprint density at radius 1 is 1.41 bits per heavy atom. The highest BCUT2D eigenvalue weighted by Crippen LogP contribution is 2.21. The summed E-state index contributed by atoms with van der Waals surface area (Å²) in [7, 11) is 1.62. The molecule has 17 heavy (non-hydrogen) atoms.